The largest absolute Gasteiger partial charge is 0.354 e. The molecule has 2 aromatic rings. The van der Waals surface area contributed by atoms with Crippen molar-refractivity contribution in [3.63, 3.8) is 0 Å². The number of piperazine rings is 1. The maximum atomic E-state index is 12.7. The molecule has 1 saturated heterocycles. The van der Waals surface area contributed by atoms with E-state index in [9.17, 15) is 8.42 Å². The van der Waals surface area contributed by atoms with Gasteiger partial charge in [-0.2, -0.15) is 9.29 Å². The van der Waals surface area contributed by atoms with Crippen LogP contribution in [0.25, 0.3) is 0 Å². The molecule has 1 aromatic heterocycles. The smallest absolute Gasteiger partial charge is 0.243 e. The van der Waals surface area contributed by atoms with Crippen LogP contribution in [0.2, 0.25) is 0 Å². The molecule has 0 unspecified atom stereocenters. The van der Waals surface area contributed by atoms with E-state index in [2.05, 4.69) is 20.2 Å². The summed E-state index contributed by atoms with van der Waals surface area (Å²) in [7, 11) is -3.43. The van der Waals surface area contributed by atoms with E-state index in [0.29, 0.717) is 37.0 Å². The first kappa shape index (κ1) is 17.6. The van der Waals surface area contributed by atoms with Crippen LogP contribution < -0.4 is 10.2 Å². The zero-order valence-electron chi connectivity index (χ0n) is 14.5. The highest BCUT2D eigenvalue weighted by molar-refractivity contribution is 7.89. The number of nitrogens with zero attached hydrogens (tertiary/aromatic N) is 4. The first-order valence-electron chi connectivity index (χ1n) is 8.40. The number of aromatic nitrogens is 2. The molecule has 1 aliphatic heterocycles. The minimum Gasteiger partial charge on any atom is -0.354 e. The average Bonchev–Trinajstić information content (AvgIpc) is 2.62. The van der Waals surface area contributed by atoms with Crippen LogP contribution in [0.3, 0.4) is 0 Å². The number of rotatable bonds is 5. The lowest BCUT2D eigenvalue weighted by atomic mass is 10.3. The van der Waals surface area contributed by atoms with Gasteiger partial charge >= 0.3 is 0 Å². The molecule has 3 rings (SSSR count). The summed E-state index contributed by atoms with van der Waals surface area (Å²) in [5.41, 5.74) is 0.889. The quantitative estimate of drug-likeness (QED) is 0.874. The molecule has 0 bridgehead atoms. The second kappa shape index (κ2) is 7.37. The van der Waals surface area contributed by atoms with E-state index in [1.165, 1.54) is 4.31 Å². The van der Waals surface area contributed by atoms with E-state index >= 15 is 0 Å². The van der Waals surface area contributed by atoms with Gasteiger partial charge in [0.05, 0.1) is 4.90 Å². The van der Waals surface area contributed by atoms with Gasteiger partial charge in [0.2, 0.25) is 16.0 Å². The van der Waals surface area contributed by atoms with E-state index in [-0.39, 0.29) is 0 Å². The summed E-state index contributed by atoms with van der Waals surface area (Å²) in [6.45, 7) is 6.78. The van der Waals surface area contributed by atoms with Gasteiger partial charge in [-0.15, -0.1) is 0 Å². The van der Waals surface area contributed by atoms with Crippen molar-refractivity contribution < 1.29 is 8.42 Å². The Morgan fingerprint density at radius 2 is 1.76 bits per heavy atom. The van der Waals surface area contributed by atoms with Gasteiger partial charge in [-0.3, -0.25) is 0 Å². The molecular weight excluding hydrogens is 338 g/mol. The van der Waals surface area contributed by atoms with Crippen LogP contribution in [0.4, 0.5) is 11.8 Å². The maximum Gasteiger partial charge on any atom is 0.243 e. The van der Waals surface area contributed by atoms with Gasteiger partial charge in [0.25, 0.3) is 0 Å². The van der Waals surface area contributed by atoms with Crippen LogP contribution in [0.5, 0.6) is 0 Å². The van der Waals surface area contributed by atoms with Crippen LogP contribution in [-0.4, -0.2) is 55.4 Å². The van der Waals surface area contributed by atoms with Gasteiger partial charge < -0.3 is 10.2 Å². The number of hydrogen-bond acceptors (Lipinski definition) is 6. The zero-order valence-corrected chi connectivity index (χ0v) is 15.3. The molecular formula is C17H23N5O2S. The summed E-state index contributed by atoms with van der Waals surface area (Å²) in [6, 6.07) is 10.5. The molecule has 1 N–H and O–H groups in total. The molecule has 8 heteroatoms. The Bertz CT molecular complexity index is 818. The summed E-state index contributed by atoms with van der Waals surface area (Å²) in [4.78, 5) is 11.3. The SMILES string of the molecule is CCNc1nc(C)cc(N2CCN(S(=O)(=O)c3ccccc3)CC2)n1. The Morgan fingerprint density at radius 3 is 2.40 bits per heavy atom. The summed E-state index contributed by atoms with van der Waals surface area (Å²) in [6.07, 6.45) is 0. The normalized spacial score (nSPS) is 16.0. The fourth-order valence-corrected chi connectivity index (χ4v) is 4.29. The van der Waals surface area contributed by atoms with E-state index in [1.54, 1.807) is 24.3 Å². The fourth-order valence-electron chi connectivity index (χ4n) is 2.85. The maximum absolute atomic E-state index is 12.7. The molecule has 25 heavy (non-hydrogen) atoms. The van der Waals surface area contributed by atoms with E-state index < -0.39 is 10.0 Å². The Labute approximate surface area is 148 Å². The summed E-state index contributed by atoms with van der Waals surface area (Å²) < 4.78 is 26.9. The van der Waals surface area contributed by atoms with Crippen molar-refractivity contribution in [2.24, 2.45) is 0 Å². The molecule has 0 aliphatic carbocycles. The Hall–Kier alpha value is -2.19. The van der Waals surface area contributed by atoms with Gasteiger partial charge in [0, 0.05) is 44.5 Å². The van der Waals surface area contributed by atoms with Crippen LogP contribution >= 0.6 is 0 Å². The van der Waals surface area contributed by atoms with Gasteiger partial charge in [0.1, 0.15) is 5.82 Å². The Morgan fingerprint density at radius 1 is 1.08 bits per heavy atom. The van der Waals surface area contributed by atoms with E-state index in [4.69, 9.17) is 0 Å². The molecule has 0 atom stereocenters. The summed E-state index contributed by atoms with van der Waals surface area (Å²) in [5.74, 6) is 1.44. The highest BCUT2D eigenvalue weighted by Gasteiger charge is 2.28. The van der Waals surface area contributed by atoms with Crippen LogP contribution in [-0.2, 0) is 10.0 Å². The fraction of sp³-hybridized carbons (Fsp3) is 0.412. The summed E-state index contributed by atoms with van der Waals surface area (Å²) >= 11 is 0. The highest BCUT2D eigenvalue weighted by Crippen LogP contribution is 2.21. The minimum absolute atomic E-state index is 0.343. The third-order valence-electron chi connectivity index (χ3n) is 4.12. The van der Waals surface area contributed by atoms with Crippen molar-refractivity contribution in [3.05, 3.63) is 42.1 Å². The summed E-state index contributed by atoms with van der Waals surface area (Å²) in [5, 5.41) is 3.13. The first-order valence-corrected chi connectivity index (χ1v) is 9.84. The standard InChI is InChI=1S/C17H23N5O2S/c1-3-18-17-19-14(2)13-16(20-17)21-9-11-22(12-10-21)25(23,24)15-7-5-4-6-8-15/h4-8,13H,3,9-12H2,1-2H3,(H,18,19,20). The van der Waals surface area contributed by atoms with Crippen LogP contribution in [0, 0.1) is 6.92 Å². The van der Waals surface area contributed by atoms with Crippen molar-refractivity contribution in [1.29, 1.82) is 0 Å². The minimum atomic E-state index is -3.43. The molecule has 2 heterocycles. The number of nitrogens with one attached hydrogen (secondary N) is 1. The Balaban J connectivity index is 1.72. The second-order valence-electron chi connectivity index (χ2n) is 5.93. The molecule has 0 spiro atoms. The van der Waals surface area contributed by atoms with Gasteiger partial charge in [0.15, 0.2) is 0 Å². The van der Waals surface area contributed by atoms with Crippen molar-refractivity contribution in [2.45, 2.75) is 18.7 Å². The molecule has 7 nitrogen and oxygen atoms in total. The number of hydrogen-bond donors (Lipinski definition) is 1. The molecule has 1 aliphatic rings. The van der Waals surface area contributed by atoms with Crippen molar-refractivity contribution in [2.75, 3.05) is 42.9 Å². The van der Waals surface area contributed by atoms with E-state index in [1.807, 2.05) is 26.0 Å². The van der Waals surface area contributed by atoms with Crippen molar-refractivity contribution in [1.82, 2.24) is 14.3 Å². The number of sulfonamides is 1. The third-order valence-corrected chi connectivity index (χ3v) is 6.03. The molecule has 0 saturated carbocycles. The van der Waals surface area contributed by atoms with Crippen molar-refractivity contribution in [3.8, 4) is 0 Å². The lowest BCUT2D eigenvalue weighted by molar-refractivity contribution is 0.384. The molecule has 0 radical (unpaired) electrons. The third kappa shape index (κ3) is 3.91. The lowest BCUT2D eigenvalue weighted by Gasteiger charge is -2.34. The number of anilines is 2. The molecule has 1 aromatic carbocycles. The molecule has 0 amide bonds. The van der Waals surface area contributed by atoms with Crippen molar-refractivity contribution >= 4 is 21.8 Å². The number of aryl methyl sites for hydroxylation is 1. The van der Waals surface area contributed by atoms with Gasteiger partial charge in [-0.1, -0.05) is 18.2 Å². The topological polar surface area (TPSA) is 78.4 Å². The predicted octanol–water partition coefficient (Wildman–Crippen LogP) is 1.73. The second-order valence-corrected chi connectivity index (χ2v) is 7.86. The van der Waals surface area contributed by atoms with Gasteiger partial charge in [-0.05, 0) is 26.0 Å². The van der Waals surface area contributed by atoms with Crippen LogP contribution in [0.1, 0.15) is 12.6 Å². The number of benzene rings is 1. The Kier molecular flexibility index (Phi) is 5.19. The van der Waals surface area contributed by atoms with Crippen LogP contribution in [0.15, 0.2) is 41.3 Å². The zero-order chi connectivity index (χ0) is 17.9. The predicted molar refractivity (Wildman–Crippen MR) is 98.3 cm³/mol. The van der Waals surface area contributed by atoms with Gasteiger partial charge in [-0.25, -0.2) is 13.4 Å². The molecule has 1 fully saturated rings. The molecule has 134 valence electrons. The van der Waals surface area contributed by atoms with E-state index in [0.717, 1.165) is 18.1 Å². The average molecular weight is 361 g/mol. The lowest BCUT2D eigenvalue weighted by Crippen LogP contribution is -2.49. The highest BCUT2D eigenvalue weighted by atomic mass is 32.2. The first-order chi connectivity index (χ1) is 12.0. The monoisotopic (exact) mass is 361 g/mol.